The van der Waals surface area contributed by atoms with Crippen molar-refractivity contribution in [2.24, 2.45) is 16.8 Å². The van der Waals surface area contributed by atoms with Crippen LogP contribution < -0.4 is 4.74 Å². The number of methoxy groups -OCH3 is 3. The van der Waals surface area contributed by atoms with Gasteiger partial charge in [0.15, 0.2) is 0 Å². The molecule has 4 unspecified atom stereocenters. The maximum atomic E-state index is 12.5. The van der Waals surface area contributed by atoms with Crippen LogP contribution in [0.5, 0.6) is 5.75 Å². The molecule has 0 N–H and O–H groups in total. The molecule has 3 aliphatic heterocycles. The second-order valence-electron chi connectivity index (χ2n) is 8.24. The first-order valence-electron chi connectivity index (χ1n) is 10.5. The summed E-state index contributed by atoms with van der Waals surface area (Å²) in [6.45, 7) is 4.17. The van der Waals surface area contributed by atoms with Crippen LogP contribution in [0.2, 0.25) is 0 Å². The Kier molecular flexibility index (Phi) is 6.21. The van der Waals surface area contributed by atoms with Crippen molar-refractivity contribution in [2.75, 3.05) is 34.4 Å². The smallest absolute Gasteiger partial charge is 0.337 e. The third kappa shape index (κ3) is 3.56. The lowest BCUT2D eigenvalue weighted by Crippen LogP contribution is -2.55. The Balaban J connectivity index is 1.69. The predicted octanol–water partition coefficient (Wildman–Crippen LogP) is 4.45. The molecule has 0 bridgehead atoms. The zero-order valence-electron chi connectivity index (χ0n) is 18.0. The van der Waals surface area contributed by atoms with Crippen molar-refractivity contribution in [3.05, 3.63) is 34.0 Å². The number of carbonyl (C=O) groups is 1. The largest absolute Gasteiger partial charge is 0.504 e. The highest BCUT2D eigenvalue weighted by atomic mass is 79.9. The molecule has 7 heteroatoms. The molecule has 0 spiro atoms. The molecule has 0 saturated carbocycles. The molecule has 4 rings (SSSR count). The molecule has 4 atom stereocenters. The van der Waals surface area contributed by atoms with Crippen molar-refractivity contribution in [1.82, 2.24) is 4.90 Å². The lowest BCUT2D eigenvalue weighted by molar-refractivity contribution is -0.137. The van der Waals surface area contributed by atoms with Gasteiger partial charge in [0.05, 0.1) is 38.9 Å². The Bertz CT molecular complexity index is 897. The average Bonchev–Trinajstić information content (AvgIpc) is 3.14. The van der Waals surface area contributed by atoms with Crippen molar-refractivity contribution in [3.8, 4) is 5.75 Å². The van der Waals surface area contributed by atoms with E-state index >= 15 is 0 Å². The summed E-state index contributed by atoms with van der Waals surface area (Å²) < 4.78 is 17.0. The molecule has 3 heterocycles. The van der Waals surface area contributed by atoms with Crippen molar-refractivity contribution in [1.29, 1.82) is 0 Å². The third-order valence-corrected chi connectivity index (χ3v) is 7.31. The number of halogens is 1. The van der Waals surface area contributed by atoms with Gasteiger partial charge < -0.3 is 14.2 Å². The summed E-state index contributed by atoms with van der Waals surface area (Å²) >= 11 is 3.58. The highest BCUT2D eigenvalue weighted by Gasteiger charge is 2.47. The number of nitrogens with zero attached hydrogens (tertiary/aromatic N) is 2. The number of ether oxygens (including phenoxy) is 3. The number of benzene rings is 1. The minimum absolute atomic E-state index is 0.0856. The number of esters is 1. The monoisotopic (exact) mass is 476 g/mol. The zero-order chi connectivity index (χ0) is 21.4. The van der Waals surface area contributed by atoms with Crippen LogP contribution in [-0.4, -0.2) is 57.0 Å². The van der Waals surface area contributed by atoms with Gasteiger partial charge in [-0.05, 0) is 43.4 Å². The molecule has 3 aliphatic rings. The number of fused-ring (bicyclic) bond motifs is 5. The number of hydrogen-bond donors (Lipinski definition) is 0. The van der Waals surface area contributed by atoms with Crippen molar-refractivity contribution < 1.29 is 19.0 Å². The van der Waals surface area contributed by atoms with E-state index in [4.69, 9.17) is 19.2 Å². The van der Waals surface area contributed by atoms with E-state index < -0.39 is 0 Å². The molecule has 2 fully saturated rings. The standard InChI is InChI=1S/C23H29BrN2O4/c1-5-13-11-26-7-6-15-21-18(8-14(24)9-20(21)29-3)25-22(15)19(26)10-16(13)17(12-28-2)23(27)30-4/h8-9,12-13,15-16,19H,5-7,10-11H2,1-4H3/b17-12+. The Labute approximate surface area is 186 Å². The molecular weight excluding hydrogens is 448 g/mol. The number of hydrogen-bond acceptors (Lipinski definition) is 6. The van der Waals surface area contributed by atoms with E-state index in [0.29, 0.717) is 11.5 Å². The minimum atomic E-state index is -0.302. The summed E-state index contributed by atoms with van der Waals surface area (Å²) in [4.78, 5) is 20.1. The molecule has 6 nitrogen and oxygen atoms in total. The van der Waals surface area contributed by atoms with E-state index in [1.54, 1.807) is 20.5 Å². The van der Waals surface area contributed by atoms with Gasteiger partial charge in [0.25, 0.3) is 0 Å². The van der Waals surface area contributed by atoms with Gasteiger partial charge in [-0.2, -0.15) is 0 Å². The molecule has 162 valence electrons. The van der Waals surface area contributed by atoms with E-state index in [9.17, 15) is 4.79 Å². The van der Waals surface area contributed by atoms with E-state index in [2.05, 4.69) is 33.8 Å². The van der Waals surface area contributed by atoms with Crippen molar-refractivity contribution in [2.45, 2.75) is 38.1 Å². The van der Waals surface area contributed by atoms with Crippen LogP contribution in [-0.2, 0) is 14.3 Å². The summed E-state index contributed by atoms with van der Waals surface area (Å²) in [7, 11) is 4.73. The lowest BCUT2D eigenvalue weighted by atomic mass is 9.71. The first-order valence-corrected chi connectivity index (χ1v) is 11.3. The van der Waals surface area contributed by atoms with Crippen LogP contribution in [0.25, 0.3) is 0 Å². The highest BCUT2D eigenvalue weighted by molar-refractivity contribution is 9.10. The van der Waals surface area contributed by atoms with Crippen LogP contribution in [0, 0.1) is 11.8 Å². The molecule has 30 heavy (non-hydrogen) atoms. The van der Waals surface area contributed by atoms with Crippen LogP contribution >= 0.6 is 15.9 Å². The molecule has 0 amide bonds. The Morgan fingerprint density at radius 3 is 2.80 bits per heavy atom. The number of aliphatic imine (C=N–C) groups is 1. The topological polar surface area (TPSA) is 60.4 Å². The van der Waals surface area contributed by atoms with Gasteiger partial charge >= 0.3 is 5.97 Å². The van der Waals surface area contributed by atoms with E-state index in [0.717, 1.165) is 48.3 Å². The molecule has 0 radical (unpaired) electrons. The fraction of sp³-hybridized carbons (Fsp3) is 0.565. The molecule has 1 aromatic rings. The van der Waals surface area contributed by atoms with E-state index in [1.165, 1.54) is 18.4 Å². The quantitative estimate of drug-likeness (QED) is 0.356. The number of piperidine rings is 2. The van der Waals surface area contributed by atoms with Crippen LogP contribution in [0.15, 0.2) is 33.4 Å². The summed E-state index contributed by atoms with van der Waals surface area (Å²) in [5, 5.41) is 0. The number of carbonyl (C=O) groups excluding carboxylic acids is 1. The summed E-state index contributed by atoms with van der Waals surface area (Å²) in [6.07, 6.45) is 4.46. The van der Waals surface area contributed by atoms with Gasteiger partial charge in [-0.3, -0.25) is 9.89 Å². The zero-order valence-corrected chi connectivity index (χ0v) is 19.6. The lowest BCUT2D eigenvalue weighted by Gasteiger charge is -2.48. The molecule has 1 aromatic carbocycles. The van der Waals surface area contributed by atoms with E-state index in [1.807, 2.05) is 6.07 Å². The Morgan fingerprint density at radius 2 is 2.13 bits per heavy atom. The van der Waals surface area contributed by atoms with Gasteiger partial charge in [-0.1, -0.05) is 29.3 Å². The van der Waals surface area contributed by atoms with Gasteiger partial charge in [0.1, 0.15) is 5.75 Å². The summed E-state index contributed by atoms with van der Waals surface area (Å²) in [6, 6.07) is 4.31. The SMILES string of the molecule is CCC1CN2CCC3C(=Nc4cc(Br)cc(OC)c43)C2CC1/C(=C\OC)C(=O)OC. The highest BCUT2D eigenvalue weighted by Crippen LogP contribution is 2.50. The normalized spacial score (nSPS) is 28.2. The minimum Gasteiger partial charge on any atom is -0.504 e. The number of rotatable bonds is 5. The molecule has 2 saturated heterocycles. The maximum Gasteiger partial charge on any atom is 0.337 e. The third-order valence-electron chi connectivity index (χ3n) is 6.85. The second kappa shape index (κ2) is 8.71. The Hall–Kier alpha value is -1.86. The van der Waals surface area contributed by atoms with Gasteiger partial charge in [-0.15, -0.1) is 0 Å². The predicted molar refractivity (Wildman–Crippen MR) is 120 cm³/mol. The first kappa shape index (κ1) is 21.4. The van der Waals surface area contributed by atoms with E-state index in [-0.39, 0.29) is 23.8 Å². The van der Waals surface area contributed by atoms with Gasteiger partial charge in [0, 0.05) is 34.3 Å². The summed E-state index contributed by atoms with van der Waals surface area (Å²) in [5.41, 5.74) is 4.03. The first-order chi connectivity index (χ1) is 14.5. The van der Waals surface area contributed by atoms with Crippen LogP contribution in [0.3, 0.4) is 0 Å². The second-order valence-corrected chi connectivity index (χ2v) is 9.16. The van der Waals surface area contributed by atoms with Crippen LogP contribution in [0.4, 0.5) is 5.69 Å². The molecule has 0 aromatic heterocycles. The van der Waals surface area contributed by atoms with Gasteiger partial charge in [0.2, 0.25) is 0 Å². The van der Waals surface area contributed by atoms with Crippen LogP contribution in [0.1, 0.15) is 37.7 Å². The Morgan fingerprint density at radius 1 is 1.33 bits per heavy atom. The fourth-order valence-electron chi connectivity index (χ4n) is 5.47. The maximum absolute atomic E-state index is 12.5. The molecular formula is C23H29BrN2O4. The van der Waals surface area contributed by atoms with Crippen molar-refractivity contribution in [3.63, 3.8) is 0 Å². The van der Waals surface area contributed by atoms with Gasteiger partial charge in [-0.25, -0.2) is 4.79 Å². The molecule has 0 aliphatic carbocycles. The average molecular weight is 477 g/mol. The van der Waals surface area contributed by atoms with Crippen molar-refractivity contribution >= 4 is 33.3 Å². The fourth-order valence-corrected chi connectivity index (χ4v) is 5.89. The summed E-state index contributed by atoms with van der Waals surface area (Å²) in [5.74, 6) is 1.33.